The quantitative estimate of drug-likeness (QED) is 0.757. The van der Waals surface area contributed by atoms with E-state index in [0.717, 1.165) is 36.7 Å². The Kier molecular flexibility index (Phi) is 11.3. The third-order valence-electron chi connectivity index (χ3n) is 3.66. The van der Waals surface area contributed by atoms with Gasteiger partial charge in [0, 0.05) is 30.4 Å². The van der Waals surface area contributed by atoms with E-state index in [0.29, 0.717) is 11.8 Å². The van der Waals surface area contributed by atoms with E-state index in [1.807, 2.05) is 19.1 Å². The van der Waals surface area contributed by atoms with Gasteiger partial charge in [-0.15, -0.1) is 0 Å². The van der Waals surface area contributed by atoms with Crippen LogP contribution in [0.2, 0.25) is 5.15 Å². The first-order valence-corrected chi connectivity index (χ1v) is 9.19. The Hall–Kier alpha value is -0.650. The van der Waals surface area contributed by atoms with E-state index in [2.05, 4.69) is 9.88 Å². The van der Waals surface area contributed by atoms with Crippen LogP contribution in [0.1, 0.15) is 38.2 Å². The van der Waals surface area contributed by atoms with Gasteiger partial charge in [0.25, 0.3) is 0 Å². The number of aliphatic hydroxyl groups excluding tert-OH is 1. The first-order chi connectivity index (χ1) is 11.6. The zero-order valence-corrected chi connectivity index (χ0v) is 16.1. The number of aliphatic hydroxyl groups is 1. The molecule has 0 spiro atoms. The molecule has 1 aliphatic heterocycles. The number of hydrogen-bond donors (Lipinski definition) is 1. The highest BCUT2D eigenvalue weighted by atomic mass is 35.5. The van der Waals surface area contributed by atoms with Crippen LogP contribution in [-0.4, -0.2) is 54.4 Å². The molecular weight excluding hydrogens is 347 g/mol. The molecule has 136 valence electrons. The number of nitrogens with zero attached hydrogens (tertiary/aromatic N) is 2. The minimum absolute atomic E-state index is 0.312. The molecule has 1 N–H and O–H groups in total. The molecular formula is C18H28Cl2N2O2. The molecule has 1 atom stereocenters. The summed E-state index contributed by atoms with van der Waals surface area (Å²) in [6.07, 6.45) is 8.11. The van der Waals surface area contributed by atoms with Crippen LogP contribution in [0, 0.1) is 0 Å². The van der Waals surface area contributed by atoms with Crippen LogP contribution < -0.4 is 0 Å². The van der Waals surface area contributed by atoms with Crippen molar-refractivity contribution in [3.05, 3.63) is 35.1 Å². The van der Waals surface area contributed by atoms with E-state index < -0.39 is 0 Å². The molecule has 2 heterocycles. The second-order valence-electron chi connectivity index (χ2n) is 5.80. The Morgan fingerprint density at radius 2 is 2.08 bits per heavy atom. The molecule has 1 unspecified atom stereocenters. The largest absolute Gasteiger partial charge is 0.389 e. The Morgan fingerprint density at radius 3 is 2.62 bits per heavy atom. The fourth-order valence-electron chi connectivity index (χ4n) is 2.50. The van der Waals surface area contributed by atoms with Gasteiger partial charge < -0.3 is 14.7 Å². The van der Waals surface area contributed by atoms with Crippen LogP contribution >= 0.6 is 23.2 Å². The van der Waals surface area contributed by atoms with Crippen molar-refractivity contribution in [1.29, 1.82) is 0 Å². The van der Waals surface area contributed by atoms with Crippen molar-refractivity contribution in [2.75, 3.05) is 33.4 Å². The van der Waals surface area contributed by atoms with Crippen molar-refractivity contribution >= 4 is 28.2 Å². The van der Waals surface area contributed by atoms with Crippen molar-refractivity contribution in [1.82, 2.24) is 9.88 Å². The molecule has 1 aromatic heterocycles. The van der Waals surface area contributed by atoms with Crippen LogP contribution in [0.25, 0.3) is 5.03 Å². The molecule has 0 bridgehead atoms. The average Bonchev–Trinajstić information content (AvgIpc) is 2.57. The predicted octanol–water partition coefficient (Wildman–Crippen LogP) is 4.20. The van der Waals surface area contributed by atoms with Crippen molar-refractivity contribution in [2.24, 2.45) is 0 Å². The molecule has 0 saturated carbocycles. The number of ether oxygens (including phenoxy) is 1. The summed E-state index contributed by atoms with van der Waals surface area (Å²) >= 11 is 11.6. The summed E-state index contributed by atoms with van der Waals surface area (Å²) in [5.41, 5.74) is 0.905. The normalized spacial score (nSPS) is 17.1. The van der Waals surface area contributed by atoms with E-state index in [-0.39, 0.29) is 6.10 Å². The summed E-state index contributed by atoms with van der Waals surface area (Å²) in [5, 5.41) is 10.6. The molecule has 0 aromatic carbocycles. The Bertz CT molecular complexity index is 474. The summed E-state index contributed by atoms with van der Waals surface area (Å²) in [6, 6.07) is 3.58. The molecule has 1 aliphatic rings. The van der Waals surface area contributed by atoms with E-state index in [1.54, 1.807) is 19.4 Å². The first kappa shape index (κ1) is 21.4. The lowest BCUT2D eigenvalue weighted by Gasteiger charge is -2.28. The third-order valence-corrected chi connectivity index (χ3v) is 4.26. The average molecular weight is 375 g/mol. The number of piperidine rings is 1. The lowest BCUT2D eigenvalue weighted by molar-refractivity contribution is 0.0335. The minimum atomic E-state index is -0.312. The number of allylic oxidation sites excluding steroid dienone is 1. The molecule has 24 heavy (non-hydrogen) atoms. The second-order valence-corrected chi connectivity index (χ2v) is 6.59. The van der Waals surface area contributed by atoms with Crippen molar-refractivity contribution < 1.29 is 9.84 Å². The number of methoxy groups -OCH3 is 1. The monoisotopic (exact) mass is 374 g/mol. The molecule has 0 amide bonds. The maximum Gasteiger partial charge on any atom is 0.129 e. The van der Waals surface area contributed by atoms with Crippen LogP contribution in [0.4, 0.5) is 0 Å². The molecule has 2 rings (SSSR count). The van der Waals surface area contributed by atoms with E-state index in [4.69, 9.17) is 27.9 Å². The Labute approximate surface area is 155 Å². The van der Waals surface area contributed by atoms with Gasteiger partial charge in [0.1, 0.15) is 5.15 Å². The fourth-order valence-corrected chi connectivity index (χ4v) is 2.88. The van der Waals surface area contributed by atoms with Crippen LogP contribution in [0.3, 0.4) is 0 Å². The molecule has 4 nitrogen and oxygen atoms in total. The zero-order valence-electron chi connectivity index (χ0n) is 14.5. The Morgan fingerprint density at radius 1 is 1.38 bits per heavy atom. The van der Waals surface area contributed by atoms with Gasteiger partial charge in [0.15, 0.2) is 0 Å². The maximum absolute atomic E-state index is 9.43. The van der Waals surface area contributed by atoms with Crippen LogP contribution in [0.15, 0.2) is 24.4 Å². The minimum Gasteiger partial charge on any atom is -0.389 e. The van der Waals surface area contributed by atoms with Gasteiger partial charge in [-0.2, -0.15) is 0 Å². The summed E-state index contributed by atoms with van der Waals surface area (Å²) in [4.78, 5) is 6.24. The standard InChI is InChI=1S/C9H9Cl2N.C9H19NO2/c1-2-3-8(10)7-4-5-9(11)12-6-7;1-12-8-9(11)7-10-5-3-2-4-6-10/h3-6H,2H2,1H3;9,11H,2-8H2,1H3/b8-3+;. The lowest BCUT2D eigenvalue weighted by Crippen LogP contribution is -2.37. The van der Waals surface area contributed by atoms with Gasteiger partial charge in [-0.05, 0) is 44.5 Å². The van der Waals surface area contributed by atoms with E-state index >= 15 is 0 Å². The van der Waals surface area contributed by atoms with E-state index in [9.17, 15) is 5.11 Å². The van der Waals surface area contributed by atoms with Crippen molar-refractivity contribution in [2.45, 2.75) is 38.7 Å². The highest BCUT2D eigenvalue weighted by molar-refractivity contribution is 6.48. The molecule has 1 saturated heterocycles. The molecule has 0 radical (unpaired) electrons. The van der Waals surface area contributed by atoms with E-state index in [1.165, 1.54) is 19.3 Å². The van der Waals surface area contributed by atoms with Crippen LogP contribution in [-0.2, 0) is 4.74 Å². The second kappa shape index (κ2) is 12.7. The number of β-amino-alcohol motifs (C(OH)–C–C–N with tert-alkyl or cyclic N) is 1. The number of hydrogen-bond acceptors (Lipinski definition) is 4. The fraction of sp³-hybridized carbons (Fsp3) is 0.611. The van der Waals surface area contributed by atoms with Crippen molar-refractivity contribution in [3.63, 3.8) is 0 Å². The van der Waals surface area contributed by atoms with Gasteiger partial charge in [0.05, 0.1) is 12.7 Å². The molecule has 0 aliphatic carbocycles. The smallest absolute Gasteiger partial charge is 0.129 e. The highest BCUT2D eigenvalue weighted by Gasteiger charge is 2.13. The van der Waals surface area contributed by atoms with Crippen LogP contribution in [0.5, 0.6) is 0 Å². The number of rotatable bonds is 6. The van der Waals surface area contributed by atoms with Gasteiger partial charge in [0.2, 0.25) is 0 Å². The SMILES string of the molecule is CC/C=C(/Cl)c1ccc(Cl)nc1.COCC(O)CN1CCCCC1. The number of likely N-dealkylation sites (tertiary alicyclic amines) is 1. The van der Waals surface area contributed by atoms with Gasteiger partial charge in [-0.25, -0.2) is 4.98 Å². The number of pyridine rings is 1. The first-order valence-electron chi connectivity index (χ1n) is 8.43. The maximum atomic E-state index is 9.43. The Balaban J connectivity index is 0.000000240. The predicted molar refractivity (Wildman–Crippen MR) is 102 cm³/mol. The van der Waals surface area contributed by atoms with Crippen molar-refractivity contribution in [3.8, 4) is 0 Å². The summed E-state index contributed by atoms with van der Waals surface area (Å²) in [6.45, 7) is 5.54. The number of aromatic nitrogens is 1. The zero-order chi connectivity index (χ0) is 17.8. The molecule has 6 heteroatoms. The molecule has 1 fully saturated rings. The van der Waals surface area contributed by atoms with Gasteiger partial charge >= 0.3 is 0 Å². The summed E-state index contributed by atoms with van der Waals surface area (Å²) in [7, 11) is 1.62. The number of halogens is 2. The van der Waals surface area contributed by atoms with Gasteiger partial charge in [-0.1, -0.05) is 42.6 Å². The topological polar surface area (TPSA) is 45.6 Å². The third kappa shape index (κ3) is 9.00. The summed E-state index contributed by atoms with van der Waals surface area (Å²) in [5.74, 6) is 0. The highest BCUT2D eigenvalue weighted by Crippen LogP contribution is 2.19. The molecule has 1 aromatic rings. The summed E-state index contributed by atoms with van der Waals surface area (Å²) < 4.78 is 4.87. The van der Waals surface area contributed by atoms with Gasteiger partial charge in [-0.3, -0.25) is 0 Å². The lowest BCUT2D eigenvalue weighted by atomic mass is 10.1.